The summed E-state index contributed by atoms with van der Waals surface area (Å²) in [6, 6.07) is 5.69. The van der Waals surface area contributed by atoms with Crippen molar-refractivity contribution < 1.29 is 4.52 Å². The van der Waals surface area contributed by atoms with E-state index in [-0.39, 0.29) is 0 Å². The monoisotopic (exact) mass is 357 g/mol. The molecule has 2 heterocycles. The van der Waals surface area contributed by atoms with Crippen LogP contribution >= 0.6 is 39.5 Å². The summed E-state index contributed by atoms with van der Waals surface area (Å²) in [6.07, 6.45) is 0. The van der Waals surface area contributed by atoms with Crippen molar-refractivity contribution >= 4 is 45.1 Å². The summed E-state index contributed by atoms with van der Waals surface area (Å²) in [6.45, 7) is 0. The summed E-state index contributed by atoms with van der Waals surface area (Å²) >= 11 is 7.22. The molecule has 1 aliphatic rings. The molecule has 1 aromatic carbocycles. The second-order valence-corrected chi connectivity index (χ2v) is 7.41. The van der Waals surface area contributed by atoms with Crippen molar-refractivity contribution in [1.82, 2.24) is 10.1 Å². The van der Waals surface area contributed by atoms with E-state index in [1.807, 2.05) is 41.7 Å². The van der Waals surface area contributed by atoms with Gasteiger partial charge in [-0.15, -0.1) is 11.8 Å². The van der Waals surface area contributed by atoms with Crippen LogP contribution in [-0.4, -0.2) is 27.4 Å². The van der Waals surface area contributed by atoms with Crippen LogP contribution in [0.15, 0.2) is 27.2 Å². The molecule has 1 unspecified atom stereocenters. The van der Waals surface area contributed by atoms with Crippen LogP contribution in [-0.2, 0) is 0 Å². The minimum atomic E-state index is 0.324. The Morgan fingerprint density at radius 1 is 1.37 bits per heavy atom. The Morgan fingerprint density at radius 2 is 2.26 bits per heavy atom. The number of nitrogen functional groups attached to an aromatic ring is 1. The third kappa shape index (κ3) is 2.78. The lowest BCUT2D eigenvalue weighted by atomic mass is 10.2. The van der Waals surface area contributed by atoms with E-state index in [4.69, 9.17) is 10.3 Å². The number of nitrogens with two attached hydrogens (primary N) is 1. The van der Waals surface area contributed by atoms with Gasteiger partial charge in [0.2, 0.25) is 0 Å². The Balaban J connectivity index is 1.90. The molecular formula is C12H12BrN3OS2. The molecule has 1 aromatic heterocycles. The molecule has 2 N–H and O–H groups in total. The van der Waals surface area contributed by atoms with Crippen molar-refractivity contribution in [3.05, 3.63) is 28.5 Å². The maximum Gasteiger partial charge on any atom is 0.260 e. The van der Waals surface area contributed by atoms with E-state index >= 15 is 0 Å². The third-order valence-corrected chi connectivity index (χ3v) is 6.27. The molecule has 0 radical (unpaired) electrons. The molecule has 19 heavy (non-hydrogen) atoms. The first-order chi connectivity index (χ1) is 9.25. The number of aromatic nitrogens is 2. The van der Waals surface area contributed by atoms with Crippen LogP contribution in [0, 0.1) is 0 Å². The average Bonchev–Trinajstić information content (AvgIpc) is 2.92. The van der Waals surface area contributed by atoms with E-state index in [1.54, 1.807) is 0 Å². The molecule has 0 spiro atoms. The number of para-hydroxylation sites is 1. The summed E-state index contributed by atoms with van der Waals surface area (Å²) in [4.78, 5) is 4.49. The molecule has 100 valence electrons. The van der Waals surface area contributed by atoms with Crippen molar-refractivity contribution in [2.24, 2.45) is 0 Å². The molecule has 4 nitrogen and oxygen atoms in total. The number of rotatable bonds is 2. The Morgan fingerprint density at radius 3 is 3.05 bits per heavy atom. The quantitative estimate of drug-likeness (QED) is 0.828. The highest BCUT2D eigenvalue weighted by Gasteiger charge is 2.23. The highest BCUT2D eigenvalue weighted by atomic mass is 79.9. The fraction of sp³-hybridized carbons (Fsp3) is 0.333. The van der Waals surface area contributed by atoms with Crippen molar-refractivity contribution in [2.75, 3.05) is 23.0 Å². The number of nitrogens with zero attached hydrogens (tertiary/aromatic N) is 2. The summed E-state index contributed by atoms with van der Waals surface area (Å²) in [5, 5.41) is 4.42. The lowest BCUT2D eigenvalue weighted by molar-refractivity contribution is 0.423. The highest BCUT2D eigenvalue weighted by Crippen LogP contribution is 2.37. The molecule has 0 aliphatic carbocycles. The van der Waals surface area contributed by atoms with Gasteiger partial charge in [0.15, 0.2) is 5.82 Å². The van der Waals surface area contributed by atoms with Gasteiger partial charge in [0, 0.05) is 21.7 Å². The molecule has 0 bridgehead atoms. The first-order valence-corrected chi connectivity index (χ1v) is 8.82. The van der Waals surface area contributed by atoms with Crippen LogP contribution in [0.5, 0.6) is 0 Å². The Kier molecular flexibility index (Phi) is 4.04. The van der Waals surface area contributed by atoms with Crippen LogP contribution < -0.4 is 5.73 Å². The second kappa shape index (κ2) is 5.76. The van der Waals surface area contributed by atoms with E-state index in [1.165, 1.54) is 5.75 Å². The zero-order valence-electron chi connectivity index (χ0n) is 10.0. The number of benzene rings is 1. The minimum absolute atomic E-state index is 0.324. The van der Waals surface area contributed by atoms with Gasteiger partial charge < -0.3 is 10.3 Å². The first-order valence-electron chi connectivity index (χ1n) is 5.83. The molecule has 1 atom stereocenters. The van der Waals surface area contributed by atoms with Gasteiger partial charge >= 0.3 is 0 Å². The van der Waals surface area contributed by atoms with E-state index < -0.39 is 0 Å². The maximum absolute atomic E-state index is 6.02. The molecule has 0 amide bonds. The second-order valence-electron chi connectivity index (χ2n) is 4.09. The number of anilines is 1. The summed E-state index contributed by atoms with van der Waals surface area (Å²) < 4.78 is 6.20. The molecule has 0 saturated carbocycles. The van der Waals surface area contributed by atoms with Crippen LogP contribution in [0.4, 0.5) is 5.69 Å². The van der Waals surface area contributed by atoms with Crippen LogP contribution in [0.1, 0.15) is 11.1 Å². The predicted molar refractivity (Wildman–Crippen MR) is 84.4 cm³/mol. The fourth-order valence-corrected chi connectivity index (χ4v) is 4.79. The molecule has 3 rings (SSSR count). The van der Waals surface area contributed by atoms with Crippen molar-refractivity contribution in [2.45, 2.75) is 5.25 Å². The van der Waals surface area contributed by atoms with E-state index in [0.717, 1.165) is 27.4 Å². The SMILES string of the molecule is Nc1c(Br)cccc1-c1nc(C2CSCCS2)no1. The van der Waals surface area contributed by atoms with Gasteiger partial charge in [-0.25, -0.2) is 0 Å². The number of hydrogen-bond donors (Lipinski definition) is 1. The highest BCUT2D eigenvalue weighted by molar-refractivity contribution is 9.10. The maximum atomic E-state index is 6.02. The largest absolute Gasteiger partial charge is 0.397 e. The normalized spacial score (nSPS) is 19.5. The summed E-state index contributed by atoms with van der Waals surface area (Å²) in [7, 11) is 0. The van der Waals surface area contributed by atoms with Gasteiger partial charge in [-0.05, 0) is 28.1 Å². The fourth-order valence-electron chi connectivity index (χ4n) is 1.84. The van der Waals surface area contributed by atoms with E-state index in [2.05, 4.69) is 26.1 Å². The zero-order valence-corrected chi connectivity index (χ0v) is 13.2. The lowest BCUT2D eigenvalue weighted by Gasteiger charge is -2.16. The predicted octanol–water partition coefficient (Wildman–Crippen LogP) is 3.60. The van der Waals surface area contributed by atoms with Gasteiger partial charge in [-0.1, -0.05) is 11.2 Å². The molecule has 7 heteroatoms. The Hall–Kier alpha value is -0.660. The Bertz CT molecular complexity index is 584. The zero-order chi connectivity index (χ0) is 13.2. The van der Waals surface area contributed by atoms with Gasteiger partial charge in [-0.2, -0.15) is 16.7 Å². The summed E-state index contributed by atoms with van der Waals surface area (Å²) in [5.74, 6) is 4.64. The van der Waals surface area contributed by atoms with E-state index in [0.29, 0.717) is 16.8 Å². The number of thioether (sulfide) groups is 2. The van der Waals surface area contributed by atoms with Gasteiger partial charge in [-0.3, -0.25) is 0 Å². The molecular weight excluding hydrogens is 346 g/mol. The van der Waals surface area contributed by atoms with E-state index in [9.17, 15) is 0 Å². The van der Waals surface area contributed by atoms with Gasteiger partial charge in [0.05, 0.1) is 16.5 Å². The van der Waals surface area contributed by atoms with Crippen LogP contribution in [0.25, 0.3) is 11.5 Å². The topological polar surface area (TPSA) is 64.9 Å². The third-order valence-electron chi connectivity index (χ3n) is 2.83. The number of halogens is 1. The molecule has 1 aliphatic heterocycles. The van der Waals surface area contributed by atoms with Crippen molar-refractivity contribution in [1.29, 1.82) is 0 Å². The van der Waals surface area contributed by atoms with Crippen molar-refractivity contribution in [3.63, 3.8) is 0 Å². The molecule has 1 fully saturated rings. The number of hydrogen-bond acceptors (Lipinski definition) is 6. The average molecular weight is 358 g/mol. The van der Waals surface area contributed by atoms with Gasteiger partial charge in [0.1, 0.15) is 0 Å². The standard InChI is InChI=1S/C12H12BrN3OS2/c13-8-3-1-2-7(10(8)14)12-15-11(16-17-12)9-6-18-4-5-19-9/h1-3,9H,4-6,14H2. The first kappa shape index (κ1) is 13.3. The molecule has 1 saturated heterocycles. The van der Waals surface area contributed by atoms with Gasteiger partial charge in [0.25, 0.3) is 5.89 Å². The van der Waals surface area contributed by atoms with Crippen LogP contribution in [0.3, 0.4) is 0 Å². The minimum Gasteiger partial charge on any atom is -0.397 e. The smallest absolute Gasteiger partial charge is 0.260 e. The van der Waals surface area contributed by atoms with Crippen molar-refractivity contribution in [3.8, 4) is 11.5 Å². The Labute approximate surface area is 128 Å². The molecule has 2 aromatic rings. The summed E-state index contributed by atoms with van der Waals surface area (Å²) in [5.41, 5.74) is 7.43. The van der Waals surface area contributed by atoms with Crippen LogP contribution in [0.2, 0.25) is 0 Å². The lowest BCUT2D eigenvalue weighted by Crippen LogP contribution is -2.07.